The number of hydrogen-bond donors (Lipinski definition) is 1. The molecule has 1 aromatic heterocycles. The van der Waals surface area contributed by atoms with Crippen molar-refractivity contribution in [2.24, 2.45) is 5.92 Å². The van der Waals surface area contributed by atoms with Gasteiger partial charge in [-0.05, 0) is 41.0 Å². The lowest BCUT2D eigenvalue weighted by atomic mass is 9.80. The van der Waals surface area contributed by atoms with Gasteiger partial charge in [0.1, 0.15) is 29.6 Å². The SMILES string of the molecule is CCC(=O)CCC(=O)OC[C@@H](COCn1ccc(=O)[nH]c1=O)COC(c1ccccc1)(c1ccc(OC)cc1)c1ccc(OC)cc1. The van der Waals surface area contributed by atoms with Gasteiger partial charge in [-0.3, -0.25) is 23.9 Å². The van der Waals surface area contributed by atoms with Gasteiger partial charge in [-0.15, -0.1) is 0 Å². The Bertz CT molecular complexity index is 1650. The van der Waals surface area contributed by atoms with Gasteiger partial charge in [-0.1, -0.05) is 61.5 Å². The number of nitrogens with zero attached hydrogens (tertiary/aromatic N) is 1. The van der Waals surface area contributed by atoms with Crippen molar-refractivity contribution >= 4 is 11.8 Å². The molecule has 47 heavy (non-hydrogen) atoms. The summed E-state index contributed by atoms with van der Waals surface area (Å²) in [4.78, 5) is 50.2. The van der Waals surface area contributed by atoms with Gasteiger partial charge < -0.3 is 23.7 Å². The van der Waals surface area contributed by atoms with E-state index in [4.69, 9.17) is 23.7 Å². The van der Waals surface area contributed by atoms with Gasteiger partial charge in [0, 0.05) is 31.0 Å². The van der Waals surface area contributed by atoms with Gasteiger partial charge in [-0.2, -0.15) is 0 Å². The van der Waals surface area contributed by atoms with Gasteiger partial charge in [0.25, 0.3) is 5.56 Å². The topological polar surface area (TPSA) is 135 Å². The number of rotatable bonds is 18. The number of hydrogen-bond acceptors (Lipinski definition) is 9. The highest BCUT2D eigenvalue weighted by molar-refractivity contribution is 5.82. The van der Waals surface area contributed by atoms with E-state index in [1.807, 2.05) is 78.9 Å². The number of aromatic amines is 1. The predicted octanol–water partition coefficient (Wildman–Crippen LogP) is 4.46. The summed E-state index contributed by atoms with van der Waals surface area (Å²) >= 11 is 0. The maximum atomic E-state index is 12.6. The van der Waals surface area contributed by atoms with Crippen molar-refractivity contribution in [2.45, 2.75) is 38.5 Å². The van der Waals surface area contributed by atoms with Gasteiger partial charge in [0.15, 0.2) is 0 Å². The second-order valence-corrected chi connectivity index (χ2v) is 10.8. The second kappa shape index (κ2) is 17.1. The van der Waals surface area contributed by atoms with Crippen LogP contribution in [0.25, 0.3) is 0 Å². The molecule has 0 amide bonds. The van der Waals surface area contributed by atoms with Crippen molar-refractivity contribution in [3.8, 4) is 11.5 Å². The number of ether oxygens (including phenoxy) is 5. The first-order chi connectivity index (χ1) is 22.8. The molecule has 11 nitrogen and oxygen atoms in total. The van der Waals surface area contributed by atoms with E-state index in [0.29, 0.717) is 17.9 Å². The quantitative estimate of drug-likeness (QED) is 0.123. The first-order valence-corrected chi connectivity index (χ1v) is 15.3. The van der Waals surface area contributed by atoms with Crippen molar-refractivity contribution in [3.05, 3.63) is 129 Å². The number of nitrogens with one attached hydrogen (secondary N) is 1. The Hall–Kier alpha value is -5.00. The van der Waals surface area contributed by atoms with Crippen LogP contribution in [0.2, 0.25) is 0 Å². The lowest BCUT2D eigenvalue weighted by Gasteiger charge is -2.37. The van der Waals surface area contributed by atoms with Crippen molar-refractivity contribution in [1.29, 1.82) is 0 Å². The monoisotopic (exact) mass is 644 g/mol. The van der Waals surface area contributed by atoms with E-state index in [1.165, 1.54) is 16.8 Å². The molecule has 0 saturated carbocycles. The molecule has 0 bridgehead atoms. The number of carbonyl (C=O) groups excluding carboxylic acids is 2. The zero-order valence-corrected chi connectivity index (χ0v) is 26.8. The Balaban J connectivity index is 1.67. The van der Waals surface area contributed by atoms with Crippen molar-refractivity contribution in [3.63, 3.8) is 0 Å². The molecule has 0 aliphatic heterocycles. The molecule has 0 radical (unpaired) electrons. The Morgan fingerprint density at radius 1 is 0.766 bits per heavy atom. The van der Waals surface area contributed by atoms with Crippen molar-refractivity contribution in [1.82, 2.24) is 9.55 Å². The molecule has 0 saturated heterocycles. The summed E-state index contributed by atoms with van der Waals surface area (Å²) in [6.45, 7) is 1.65. The molecule has 0 unspecified atom stereocenters. The molecule has 4 rings (SSSR count). The molecule has 0 spiro atoms. The molecule has 1 N–H and O–H groups in total. The summed E-state index contributed by atoms with van der Waals surface area (Å²) in [5.41, 5.74) is 0.254. The van der Waals surface area contributed by atoms with Crippen LogP contribution in [0.4, 0.5) is 0 Å². The molecule has 4 aromatic rings. The van der Waals surface area contributed by atoms with Gasteiger partial charge in [-0.25, -0.2) is 4.79 Å². The fourth-order valence-electron chi connectivity index (χ4n) is 5.03. The van der Waals surface area contributed by atoms with Gasteiger partial charge in [0.2, 0.25) is 0 Å². The van der Waals surface area contributed by atoms with E-state index >= 15 is 0 Å². The summed E-state index contributed by atoms with van der Waals surface area (Å²) in [5, 5.41) is 0. The summed E-state index contributed by atoms with van der Waals surface area (Å²) in [7, 11) is 3.20. The number of carbonyl (C=O) groups is 2. The maximum absolute atomic E-state index is 12.6. The van der Waals surface area contributed by atoms with E-state index < -0.39 is 28.7 Å². The van der Waals surface area contributed by atoms with E-state index in [2.05, 4.69) is 4.98 Å². The highest BCUT2D eigenvalue weighted by Crippen LogP contribution is 2.42. The number of Topliss-reactive ketones (excluding diaryl/α,β-unsaturated/α-hetero) is 1. The minimum atomic E-state index is -1.12. The molecule has 3 aromatic carbocycles. The Kier molecular flexibility index (Phi) is 12.7. The highest BCUT2D eigenvalue weighted by Gasteiger charge is 2.38. The first-order valence-electron chi connectivity index (χ1n) is 15.3. The Morgan fingerprint density at radius 3 is 1.91 bits per heavy atom. The van der Waals surface area contributed by atoms with E-state index in [-0.39, 0.29) is 45.2 Å². The van der Waals surface area contributed by atoms with Crippen LogP contribution in [0.3, 0.4) is 0 Å². The van der Waals surface area contributed by atoms with Crippen LogP contribution in [-0.4, -0.2) is 55.3 Å². The third-order valence-corrected chi connectivity index (χ3v) is 7.67. The van der Waals surface area contributed by atoms with Gasteiger partial charge in [0.05, 0.1) is 40.5 Å². The average Bonchev–Trinajstić information content (AvgIpc) is 3.11. The Morgan fingerprint density at radius 2 is 1.36 bits per heavy atom. The number of aromatic nitrogens is 2. The molecular formula is C36H40N2O9. The molecule has 248 valence electrons. The van der Waals surface area contributed by atoms with Crippen LogP contribution in [0.5, 0.6) is 11.5 Å². The lowest BCUT2D eigenvalue weighted by Crippen LogP contribution is -2.37. The zero-order chi connectivity index (χ0) is 33.6. The van der Waals surface area contributed by atoms with Gasteiger partial charge >= 0.3 is 11.7 Å². The lowest BCUT2D eigenvalue weighted by molar-refractivity contribution is -0.148. The van der Waals surface area contributed by atoms with Crippen LogP contribution in [-0.2, 0) is 36.1 Å². The fourth-order valence-corrected chi connectivity index (χ4v) is 5.03. The van der Waals surface area contributed by atoms with Crippen LogP contribution < -0.4 is 20.7 Å². The number of benzene rings is 3. The molecule has 0 aliphatic rings. The molecule has 0 fully saturated rings. The molecule has 11 heteroatoms. The third-order valence-electron chi connectivity index (χ3n) is 7.67. The van der Waals surface area contributed by atoms with Crippen molar-refractivity contribution < 1.29 is 33.3 Å². The van der Waals surface area contributed by atoms with Crippen molar-refractivity contribution in [2.75, 3.05) is 34.0 Å². The number of esters is 1. The second-order valence-electron chi connectivity index (χ2n) is 10.8. The van der Waals surface area contributed by atoms with E-state index in [1.54, 1.807) is 21.1 Å². The summed E-state index contributed by atoms with van der Waals surface area (Å²) in [5.74, 6) is 0.348. The normalized spacial score (nSPS) is 11.9. The third kappa shape index (κ3) is 9.27. The number of methoxy groups -OCH3 is 2. The smallest absolute Gasteiger partial charge is 0.330 e. The predicted molar refractivity (Wildman–Crippen MR) is 175 cm³/mol. The molecule has 1 atom stereocenters. The summed E-state index contributed by atoms with van der Waals surface area (Å²) < 4.78 is 30.5. The van der Waals surface area contributed by atoms with E-state index in [9.17, 15) is 19.2 Å². The number of ketones is 1. The van der Waals surface area contributed by atoms with Crippen LogP contribution in [0.15, 0.2) is 101 Å². The maximum Gasteiger partial charge on any atom is 0.330 e. The largest absolute Gasteiger partial charge is 0.497 e. The van der Waals surface area contributed by atoms with Crippen LogP contribution >= 0.6 is 0 Å². The summed E-state index contributed by atoms with van der Waals surface area (Å²) in [6.07, 6.45) is 1.76. The zero-order valence-electron chi connectivity index (χ0n) is 26.8. The minimum Gasteiger partial charge on any atom is -0.497 e. The standard InChI is InChI=1S/C36H40N2O9/c1-4-30(39)14-19-34(41)46-23-26(22-45-25-38-21-20-33(40)37-35(38)42)24-47-36(27-8-6-5-7-9-27,28-10-15-31(43-2)16-11-28)29-12-17-32(44-3)18-13-29/h5-13,15-18,20-21,26H,4,14,19,22-25H2,1-3H3,(H,37,40,42)/t26-/m1/s1. The minimum absolute atomic E-state index is 0.0249. The highest BCUT2D eigenvalue weighted by atomic mass is 16.5. The Labute approximate surface area is 273 Å². The molecular weight excluding hydrogens is 604 g/mol. The molecule has 0 aliphatic carbocycles. The summed E-state index contributed by atoms with van der Waals surface area (Å²) in [6, 6.07) is 26.2. The molecule has 1 heterocycles. The van der Waals surface area contributed by atoms with E-state index in [0.717, 1.165) is 16.7 Å². The van der Waals surface area contributed by atoms with Crippen LogP contribution in [0.1, 0.15) is 42.9 Å². The average molecular weight is 645 g/mol. The first kappa shape index (κ1) is 34.9. The van der Waals surface area contributed by atoms with Crippen LogP contribution in [0, 0.1) is 5.92 Å². The number of H-pyrrole nitrogens is 1. The fraction of sp³-hybridized carbons (Fsp3) is 0.333.